The fourth-order valence-corrected chi connectivity index (χ4v) is 5.70. The molecule has 0 saturated carbocycles. The summed E-state index contributed by atoms with van der Waals surface area (Å²) < 4.78 is 25.8. The maximum Gasteiger partial charge on any atom is 0.301 e. The molecule has 4 aromatic rings. The van der Waals surface area contributed by atoms with E-state index in [0.717, 1.165) is 30.6 Å². The van der Waals surface area contributed by atoms with E-state index in [9.17, 15) is 19.1 Å². The number of carbonyl (C=O) groups is 2. The molecular formula is C31H29FN2O5S. The predicted molar refractivity (Wildman–Crippen MR) is 153 cm³/mol. The van der Waals surface area contributed by atoms with E-state index in [1.54, 1.807) is 48.5 Å². The van der Waals surface area contributed by atoms with Crippen LogP contribution in [0.2, 0.25) is 0 Å². The first-order valence-corrected chi connectivity index (χ1v) is 14.1. The summed E-state index contributed by atoms with van der Waals surface area (Å²) >= 11 is 1.10. The van der Waals surface area contributed by atoms with Crippen LogP contribution in [0.15, 0.2) is 72.3 Å². The SMILES string of the molecule is CCCCCOc1ccc(C2C(=C(O)c3cccc(OCC)c3)C(=O)C(=O)N2c2nc3ccc(F)cc3s2)cc1. The van der Waals surface area contributed by atoms with Gasteiger partial charge in [-0.3, -0.25) is 14.5 Å². The molecule has 9 heteroatoms. The van der Waals surface area contributed by atoms with Gasteiger partial charge in [0.2, 0.25) is 0 Å². The van der Waals surface area contributed by atoms with Crippen molar-refractivity contribution in [2.24, 2.45) is 0 Å². The smallest absolute Gasteiger partial charge is 0.301 e. The summed E-state index contributed by atoms with van der Waals surface area (Å²) in [5, 5.41) is 11.7. The minimum absolute atomic E-state index is 0.0688. The lowest BCUT2D eigenvalue weighted by Crippen LogP contribution is -2.29. The van der Waals surface area contributed by atoms with Crippen LogP contribution in [0.4, 0.5) is 9.52 Å². The fourth-order valence-electron chi connectivity index (χ4n) is 4.68. The molecule has 0 aliphatic carbocycles. The lowest BCUT2D eigenvalue weighted by molar-refractivity contribution is -0.132. The van der Waals surface area contributed by atoms with Gasteiger partial charge in [0.1, 0.15) is 23.1 Å². The number of ketones is 1. The highest BCUT2D eigenvalue weighted by Crippen LogP contribution is 2.44. The van der Waals surface area contributed by atoms with Gasteiger partial charge in [-0.05, 0) is 61.4 Å². The summed E-state index contributed by atoms with van der Waals surface area (Å²) in [4.78, 5) is 32.8. The van der Waals surface area contributed by atoms with Crippen LogP contribution >= 0.6 is 11.3 Å². The second-order valence-corrected chi connectivity index (χ2v) is 10.4. The molecule has 1 atom stereocenters. The van der Waals surface area contributed by atoms with Gasteiger partial charge in [0.25, 0.3) is 5.78 Å². The quantitative estimate of drug-likeness (QED) is 0.0970. The van der Waals surface area contributed by atoms with Crippen molar-refractivity contribution in [3.8, 4) is 11.5 Å². The second kappa shape index (κ2) is 11.9. The van der Waals surface area contributed by atoms with Gasteiger partial charge >= 0.3 is 5.91 Å². The van der Waals surface area contributed by atoms with E-state index < -0.39 is 23.5 Å². The Labute approximate surface area is 235 Å². The Morgan fingerprint density at radius 2 is 1.80 bits per heavy atom. The van der Waals surface area contributed by atoms with Gasteiger partial charge in [-0.2, -0.15) is 0 Å². The molecule has 7 nitrogen and oxygen atoms in total. The van der Waals surface area contributed by atoms with Gasteiger partial charge in [-0.25, -0.2) is 9.37 Å². The number of aliphatic hydroxyl groups excluding tert-OH is 1. The van der Waals surface area contributed by atoms with Crippen molar-refractivity contribution < 1.29 is 28.6 Å². The molecule has 1 N–H and O–H groups in total. The molecule has 1 saturated heterocycles. The Kier molecular flexibility index (Phi) is 8.11. The molecule has 40 heavy (non-hydrogen) atoms. The van der Waals surface area contributed by atoms with Crippen molar-refractivity contribution in [2.45, 2.75) is 39.2 Å². The molecule has 2 heterocycles. The summed E-state index contributed by atoms with van der Waals surface area (Å²) in [5.41, 5.74) is 1.37. The van der Waals surface area contributed by atoms with Gasteiger partial charge < -0.3 is 14.6 Å². The molecule has 1 aliphatic rings. The van der Waals surface area contributed by atoms with E-state index >= 15 is 0 Å². The van der Waals surface area contributed by atoms with E-state index in [1.807, 2.05) is 6.92 Å². The minimum atomic E-state index is -0.963. The minimum Gasteiger partial charge on any atom is -0.507 e. The molecule has 1 aromatic heterocycles. The fraction of sp³-hybridized carbons (Fsp3) is 0.258. The number of aromatic nitrogens is 1. The maximum atomic E-state index is 13.9. The van der Waals surface area contributed by atoms with Crippen LogP contribution in [0.25, 0.3) is 16.0 Å². The lowest BCUT2D eigenvalue weighted by atomic mass is 9.95. The third-order valence-electron chi connectivity index (χ3n) is 6.62. The number of hydrogen-bond donors (Lipinski definition) is 1. The van der Waals surface area contributed by atoms with Crippen LogP contribution in [0.5, 0.6) is 11.5 Å². The zero-order valence-electron chi connectivity index (χ0n) is 22.2. The average Bonchev–Trinajstić information content (AvgIpc) is 3.49. The van der Waals surface area contributed by atoms with Crippen molar-refractivity contribution in [3.63, 3.8) is 0 Å². The monoisotopic (exact) mass is 560 g/mol. The van der Waals surface area contributed by atoms with Crippen LogP contribution < -0.4 is 14.4 Å². The Morgan fingerprint density at radius 1 is 1.00 bits per heavy atom. The zero-order valence-corrected chi connectivity index (χ0v) is 23.0. The molecule has 0 spiro atoms. The Balaban J connectivity index is 1.60. The number of amides is 1. The number of benzene rings is 3. The van der Waals surface area contributed by atoms with Crippen molar-refractivity contribution in [1.29, 1.82) is 0 Å². The number of thiazole rings is 1. The number of halogens is 1. The highest BCUT2D eigenvalue weighted by atomic mass is 32.1. The maximum absolute atomic E-state index is 13.9. The van der Waals surface area contributed by atoms with Gasteiger partial charge in [0, 0.05) is 5.56 Å². The Hall–Kier alpha value is -4.24. The standard InChI is InChI=1S/C31H29FN2O5S/c1-3-5-6-16-39-22-13-10-19(11-14-22)27-26(28(35)20-8-7-9-23(17-20)38-4-2)29(36)30(37)34(27)31-33-24-15-12-21(32)18-25(24)40-31/h7-15,17-18,27,35H,3-6,16H2,1-2H3. The lowest BCUT2D eigenvalue weighted by Gasteiger charge is -2.23. The van der Waals surface area contributed by atoms with Gasteiger partial charge in [0.15, 0.2) is 5.13 Å². The number of aliphatic hydroxyl groups is 1. The number of ether oxygens (including phenoxy) is 2. The first kappa shape index (κ1) is 27.3. The number of hydrogen-bond acceptors (Lipinski definition) is 7. The molecule has 0 radical (unpaired) electrons. The zero-order chi connectivity index (χ0) is 28.2. The van der Waals surface area contributed by atoms with E-state index in [4.69, 9.17) is 9.47 Å². The van der Waals surface area contributed by atoms with Crippen molar-refractivity contribution in [1.82, 2.24) is 4.98 Å². The summed E-state index contributed by atoms with van der Waals surface area (Å²) in [6.07, 6.45) is 3.10. The summed E-state index contributed by atoms with van der Waals surface area (Å²) in [5.74, 6) is -1.22. The molecule has 1 aliphatic heterocycles. The largest absolute Gasteiger partial charge is 0.507 e. The van der Waals surface area contributed by atoms with Gasteiger partial charge in [0.05, 0.1) is 35.0 Å². The van der Waals surface area contributed by atoms with Gasteiger partial charge in [-0.1, -0.05) is 55.4 Å². The molecule has 1 unspecified atom stereocenters. The van der Waals surface area contributed by atoms with Crippen LogP contribution in [-0.4, -0.2) is 35.0 Å². The van der Waals surface area contributed by atoms with Crippen molar-refractivity contribution in [2.75, 3.05) is 18.1 Å². The van der Waals surface area contributed by atoms with Crippen molar-refractivity contribution in [3.05, 3.63) is 89.2 Å². The number of Topliss-reactive ketones (excluding diaryl/α,β-unsaturated/α-hetero) is 1. The number of nitrogens with zero attached hydrogens (tertiary/aromatic N) is 2. The molecule has 1 amide bonds. The third-order valence-corrected chi connectivity index (χ3v) is 7.64. The normalized spacial score (nSPS) is 16.6. The second-order valence-electron chi connectivity index (χ2n) is 9.36. The molecule has 5 rings (SSSR count). The van der Waals surface area contributed by atoms with Crippen LogP contribution in [0, 0.1) is 5.82 Å². The summed E-state index contributed by atoms with van der Waals surface area (Å²) in [6.45, 7) is 4.99. The predicted octanol–water partition coefficient (Wildman–Crippen LogP) is 7.03. The van der Waals surface area contributed by atoms with E-state index in [1.165, 1.54) is 23.1 Å². The number of fused-ring (bicyclic) bond motifs is 1. The number of anilines is 1. The average molecular weight is 561 g/mol. The van der Waals surface area contributed by atoms with E-state index in [2.05, 4.69) is 11.9 Å². The summed E-state index contributed by atoms with van der Waals surface area (Å²) in [6, 6.07) is 17.0. The molecule has 1 fully saturated rings. The highest BCUT2D eigenvalue weighted by Gasteiger charge is 2.48. The van der Waals surface area contributed by atoms with Crippen LogP contribution in [0.3, 0.4) is 0 Å². The third kappa shape index (κ3) is 5.42. The molecule has 0 bridgehead atoms. The van der Waals surface area contributed by atoms with Crippen molar-refractivity contribution >= 4 is 44.1 Å². The number of rotatable bonds is 10. The highest BCUT2D eigenvalue weighted by molar-refractivity contribution is 7.22. The summed E-state index contributed by atoms with van der Waals surface area (Å²) in [7, 11) is 0. The Bertz CT molecular complexity index is 1580. The van der Waals surface area contributed by atoms with Gasteiger partial charge in [-0.15, -0.1) is 0 Å². The van der Waals surface area contributed by atoms with Crippen LogP contribution in [0.1, 0.15) is 50.3 Å². The molecule has 3 aromatic carbocycles. The molecule has 206 valence electrons. The van der Waals surface area contributed by atoms with E-state index in [-0.39, 0.29) is 16.5 Å². The molecular weight excluding hydrogens is 531 g/mol. The number of unbranched alkanes of at least 4 members (excludes halogenated alkanes) is 2. The Morgan fingerprint density at radius 3 is 2.55 bits per heavy atom. The first-order chi connectivity index (χ1) is 19.4. The topological polar surface area (TPSA) is 89.0 Å². The van der Waals surface area contributed by atoms with E-state index in [0.29, 0.717) is 46.1 Å². The number of carbonyl (C=O) groups excluding carboxylic acids is 2. The first-order valence-electron chi connectivity index (χ1n) is 13.2. The van der Waals surface area contributed by atoms with Crippen LogP contribution in [-0.2, 0) is 9.59 Å².